The fraction of sp³-hybridized carbons (Fsp3) is 0.240. The van der Waals surface area contributed by atoms with Gasteiger partial charge in [-0.3, -0.25) is 29.0 Å². The highest BCUT2D eigenvalue weighted by atomic mass is 16.5. The predicted molar refractivity (Wildman–Crippen MR) is 122 cm³/mol. The predicted octanol–water partition coefficient (Wildman–Crippen LogP) is 1.96. The van der Waals surface area contributed by atoms with E-state index in [0.29, 0.717) is 41.7 Å². The van der Waals surface area contributed by atoms with Gasteiger partial charge in [-0.1, -0.05) is 6.07 Å². The van der Waals surface area contributed by atoms with E-state index in [0.717, 1.165) is 18.0 Å². The first-order valence-corrected chi connectivity index (χ1v) is 11.1. The highest BCUT2D eigenvalue weighted by Gasteiger charge is 2.40. The second-order valence-electron chi connectivity index (χ2n) is 8.42. The number of anilines is 1. The molecule has 34 heavy (non-hydrogen) atoms. The number of carbonyl (C=O) groups is 4. The van der Waals surface area contributed by atoms with Crippen molar-refractivity contribution in [3.63, 3.8) is 0 Å². The van der Waals surface area contributed by atoms with Gasteiger partial charge in [0.2, 0.25) is 0 Å². The number of carbonyl (C=O) groups excluding carboxylic acids is 4. The van der Waals surface area contributed by atoms with Gasteiger partial charge in [-0.05, 0) is 36.4 Å². The minimum atomic E-state index is -0.533. The van der Waals surface area contributed by atoms with Gasteiger partial charge in [0, 0.05) is 65.4 Å². The van der Waals surface area contributed by atoms with Crippen LogP contribution in [0.4, 0.5) is 5.82 Å². The van der Waals surface area contributed by atoms with E-state index in [9.17, 15) is 19.2 Å². The summed E-state index contributed by atoms with van der Waals surface area (Å²) < 4.78 is 5.36. The van der Waals surface area contributed by atoms with Crippen LogP contribution in [0, 0.1) is 0 Å². The maximum Gasteiger partial charge on any atom is 0.267 e. The third kappa shape index (κ3) is 2.98. The molecular formula is C25H20N4O5. The van der Waals surface area contributed by atoms with Gasteiger partial charge in [0.1, 0.15) is 5.82 Å². The lowest BCUT2D eigenvalue weighted by Gasteiger charge is -2.33. The zero-order valence-corrected chi connectivity index (χ0v) is 18.2. The summed E-state index contributed by atoms with van der Waals surface area (Å²) in [5.74, 6) is -1.68. The number of rotatable bonds is 4. The molecule has 0 atom stereocenters. The lowest BCUT2D eigenvalue weighted by atomic mass is 9.86. The molecule has 0 saturated carbocycles. The van der Waals surface area contributed by atoms with Gasteiger partial charge in [0.05, 0.1) is 13.2 Å². The summed E-state index contributed by atoms with van der Waals surface area (Å²) in [4.78, 5) is 61.9. The van der Waals surface area contributed by atoms with Gasteiger partial charge >= 0.3 is 0 Å². The van der Waals surface area contributed by atoms with Gasteiger partial charge < -0.3 is 4.74 Å². The summed E-state index contributed by atoms with van der Waals surface area (Å²) in [7, 11) is 0. The number of hydrogen-bond acceptors (Lipinski definition) is 7. The van der Waals surface area contributed by atoms with Crippen molar-refractivity contribution >= 4 is 40.2 Å². The normalized spacial score (nSPS) is 18.2. The Morgan fingerprint density at radius 2 is 1.26 bits per heavy atom. The smallest absolute Gasteiger partial charge is 0.267 e. The summed E-state index contributed by atoms with van der Waals surface area (Å²) in [6.07, 6.45) is 1.51. The molecule has 0 bridgehead atoms. The van der Waals surface area contributed by atoms with E-state index in [2.05, 4.69) is 9.88 Å². The van der Waals surface area contributed by atoms with Crippen LogP contribution in [0.3, 0.4) is 0 Å². The number of ether oxygens (including phenoxy) is 1. The van der Waals surface area contributed by atoms with Crippen molar-refractivity contribution in [3.8, 4) is 0 Å². The van der Waals surface area contributed by atoms with Crippen molar-refractivity contribution in [2.24, 2.45) is 0 Å². The van der Waals surface area contributed by atoms with E-state index < -0.39 is 23.6 Å². The molecule has 3 aromatic rings. The molecule has 0 radical (unpaired) electrons. The lowest BCUT2D eigenvalue weighted by Crippen LogP contribution is -2.47. The van der Waals surface area contributed by atoms with Crippen LogP contribution in [0.5, 0.6) is 0 Å². The molecule has 6 rings (SSSR count). The van der Waals surface area contributed by atoms with E-state index in [1.807, 2.05) is 0 Å². The molecule has 3 aliphatic heterocycles. The van der Waals surface area contributed by atoms with Crippen LogP contribution in [0.25, 0.3) is 10.8 Å². The van der Waals surface area contributed by atoms with E-state index in [4.69, 9.17) is 4.74 Å². The number of benzene rings is 2. The zero-order valence-electron chi connectivity index (χ0n) is 18.2. The molecule has 3 aliphatic rings. The Labute approximate surface area is 194 Å². The summed E-state index contributed by atoms with van der Waals surface area (Å²) in [5.41, 5.74) is 1.18. The van der Waals surface area contributed by atoms with E-state index >= 15 is 0 Å². The molecule has 1 fully saturated rings. The van der Waals surface area contributed by atoms with E-state index in [1.165, 1.54) is 11.1 Å². The van der Waals surface area contributed by atoms with Gasteiger partial charge in [-0.2, -0.15) is 0 Å². The second kappa shape index (κ2) is 7.82. The van der Waals surface area contributed by atoms with Crippen molar-refractivity contribution in [1.82, 2.24) is 14.8 Å². The molecule has 1 saturated heterocycles. The minimum absolute atomic E-state index is 0.220. The molecule has 0 spiro atoms. The summed E-state index contributed by atoms with van der Waals surface area (Å²) in [5, 5.41) is 0.724. The Balaban J connectivity index is 1.42. The number of nitrogens with zero attached hydrogens (tertiary/aromatic N) is 4. The molecule has 0 unspecified atom stereocenters. The molecule has 170 valence electrons. The van der Waals surface area contributed by atoms with Crippen molar-refractivity contribution in [3.05, 3.63) is 70.9 Å². The highest BCUT2D eigenvalue weighted by molar-refractivity contribution is 6.39. The molecule has 9 heteroatoms. The largest absolute Gasteiger partial charge is 0.379 e. The molecule has 4 amide bonds. The first kappa shape index (κ1) is 20.6. The van der Waals surface area contributed by atoms with Crippen LogP contribution in [0.1, 0.15) is 41.4 Å². The van der Waals surface area contributed by atoms with Crippen LogP contribution in [-0.2, 0) is 4.74 Å². The van der Waals surface area contributed by atoms with Crippen LogP contribution < -0.4 is 4.90 Å². The fourth-order valence-electron chi connectivity index (χ4n) is 4.89. The number of amides is 4. The average molecular weight is 456 g/mol. The minimum Gasteiger partial charge on any atom is -0.379 e. The van der Waals surface area contributed by atoms with Crippen LogP contribution in [0.2, 0.25) is 0 Å². The number of morpholine rings is 1. The Hall–Kier alpha value is -3.95. The second-order valence-corrected chi connectivity index (χ2v) is 8.42. The zero-order chi connectivity index (χ0) is 23.4. The Kier molecular flexibility index (Phi) is 4.75. The third-order valence-electron chi connectivity index (χ3n) is 6.60. The van der Waals surface area contributed by atoms with Crippen LogP contribution in [-0.4, -0.2) is 77.8 Å². The van der Waals surface area contributed by atoms with Crippen molar-refractivity contribution in [2.75, 3.05) is 44.3 Å². The van der Waals surface area contributed by atoms with Gasteiger partial charge in [0.15, 0.2) is 0 Å². The molecule has 9 nitrogen and oxygen atoms in total. The monoisotopic (exact) mass is 456 g/mol. The van der Waals surface area contributed by atoms with Crippen molar-refractivity contribution in [2.45, 2.75) is 0 Å². The third-order valence-corrected chi connectivity index (χ3v) is 6.60. The highest BCUT2D eigenvalue weighted by Crippen LogP contribution is 2.38. The number of pyridine rings is 1. The first-order valence-electron chi connectivity index (χ1n) is 11.1. The molecule has 2 aromatic carbocycles. The van der Waals surface area contributed by atoms with Crippen molar-refractivity contribution in [1.29, 1.82) is 0 Å². The Bertz CT molecular complexity index is 1310. The lowest BCUT2D eigenvalue weighted by molar-refractivity contribution is 0.0316. The fourth-order valence-corrected chi connectivity index (χ4v) is 4.89. The van der Waals surface area contributed by atoms with E-state index in [-0.39, 0.29) is 23.5 Å². The molecular weight excluding hydrogens is 436 g/mol. The molecule has 0 aliphatic carbocycles. The average Bonchev–Trinajstić information content (AvgIpc) is 2.87. The summed E-state index contributed by atoms with van der Waals surface area (Å²) in [6, 6.07) is 11.2. The van der Waals surface area contributed by atoms with Crippen LogP contribution in [0.15, 0.2) is 48.7 Å². The van der Waals surface area contributed by atoms with Crippen molar-refractivity contribution < 1.29 is 23.9 Å². The van der Waals surface area contributed by atoms with Gasteiger partial charge in [-0.25, -0.2) is 9.88 Å². The Morgan fingerprint density at radius 3 is 1.79 bits per heavy atom. The van der Waals surface area contributed by atoms with Crippen LogP contribution >= 0.6 is 0 Å². The molecule has 0 N–H and O–H groups in total. The molecule has 1 aromatic heterocycles. The Morgan fingerprint density at radius 1 is 0.706 bits per heavy atom. The number of hydrogen-bond donors (Lipinski definition) is 0. The summed E-state index contributed by atoms with van der Waals surface area (Å²) in [6.45, 7) is 3.59. The quantitative estimate of drug-likeness (QED) is 0.554. The topological polar surface area (TPSA) is 100 Å². The maximum absolute atomic E-state index is 13.3. The van der Waals surface area contributed by atoms with Gasteiger partial charge in [-0.15, -0.1) is 0 Å². The molecule has 4 heterocycles. The standard InChI is InChI=1S/C25H20N4O5/c30-22-15-4-6-17-21-18(25(33)29(24(17)32)19-3-1-2-8-26-19)7-5-16(20(15)21)23(31)28(22)10-9-27-11-13-34-14-12-27/h1-8H,9-14H2. The number of aromatic nitrogens is 1. The van der Waals surface area contributed by atoms with E-state index in [1.54, 1.807) is 42.5 Å². The SMILES string of the molecule is O=C1c2ccc3c4c(ccc(c24)C(=O)N1CCN1CCOCC1)C(=O)N(c1ccccn1)C3=O. The first-order chi connectivity index (χ1) is 16.6. The summed E-state index contributed by atoms with van der Waals surface area (Å²) >= 11 is 0. The van der Waals surface area contributed by atoms with Gasteiger partial charge in [0.25, 0.3) is 23.6 Å². The number of imide groups is 2. The maximum atomic E-state index is 13.3.